The summed E-state index contributed by atoms with van der Waals surface area (Å²) in [5.74, 6) is -0.971. The summed E-state index contributed by atoms with van der Waals surface area (Å²) >= 11 is 0. The third-order valence-electron chi connectivity index (χ3n) is 4.95. The van der Waals surface area contributed by atoms with Gasteiger partial charge in [0.15, 0.2) is 12.5 Å². The Kier molecular flexibility index (Phi) is 6.43. The molecule has 1 aromatic carbocycles. The molecule has 1 fully saturated rings. The van der Waals surface area contributed by atoms with Crippen LogP contribution in [0.1, 0.15) is 19.0 Å². The van der Waals surface area contributed by atoms with Crippen molar-refractivity contribution in [3.8, 4) is 22.6 Å². The molecule has 0 spiro atoms. The largest absolute Gasteiger partial charge is 0.344 e. The zero-order valence-corrected chi connectivity index (χ0v) is 19.0. The van der Waals surface area contributed by atoms with Crippen LogP contribution in [0.3, 0.4) is 0 Å². The highest BCUT2D eigenvalue weighted by Crippen LogP contribution is 2.33. The summed E-state index contributed by atoms with van der Waals surface area (Å²) in [6.07, 6.45) is 1.34. The summed E-state index contributed by atoms with van der Waals surface area (Å²) in [6, 6.07) is 7.07. The first kappa shape index (κ1) is 23.9. The number of ether oxygens (including phenoxy) is 2. The molecule has 34 heavy (non-hydrogen) atoms. The van der Waals surface area contributed by atoms with Gasteiger partial charge < -0.3 is 19.8 Å². The van der Waals surface area contributed by atoms with Crippen molar-refractivity contribution < 1.29 is 31.5 Å². The first-order chi connectivity index (χ1) is 16.1. The lowest BCUT2D eigenvalue weighted by molar-refractivity contribution is -0.217. The van der Waals surface area contributed by atoms with Crippen LogP contribution in [-0.2, 0) is 24.1 Å². The van der Waals surface area contributed by atoms with Gasteiger partial charge in [0.25, 0.3) is 5.91 Å². The van der Waals surface area contributed by atoms with Crippen LogP contribution >= 0.6 is 0 Å². The molecule has 1 saturated heterocycles. The Morgan fingerprint density at radius 2 is 1.88 bits per heavy atom. The van der Waals surface area contributed by atoms with Crippen molar-refractivity contribution in [2.75, 3.05) is 26.1 Å². The summed E-state index contributed by atoms with van der Waals surface area (Å²) in [7, 11) is -3.67. The van der Waals surface area contributed by atoms with Gasteiger partial charge in [0, 0.05) is 18.0 Å². The van der Waals surface area contributed by atoms with Crippen LogP contribution in [0, 0.1) is 5.82 Å². The number of hydrogen-bond donors (Lipinski definition) is 2. The number of carbonyl (C=O) groups excluding carboxylic acids is 1. The molecule has 0 saturated carbocycles. The van der Waals surface area contributed by atoms with E-state index in [0.717, 1.165) is 6.26 Å². The van der Waals surface area contributed by atoms with E-state index in [9.17, 15) is 22.0 Å². The number of hydrogen-bond acceptors (Lipinski definition) is 8. The lowest BCUT2D eigenvalue weighted by Gasteiger charge is -2.37. The van der Waals surface area contributed by atoms with Gasteiger partial charge in [-0.25, -0.2) is 32.2 Å². The number of nitrogens with one attached hydrogen (secondary N) is 2. The van der Waals surface area contributed by atoms with Crippen molar-refractivity contribution in [2.45, 2.75) is 23.9 Å². The van der Waals surface area contributed by atoms with Gasteiger partial charge >= 0.3 is 0 Å². The van der Waals surface area contributed by atoms with Crippen LogP contribution in [0.4, 0.5) is 8.78 Å². The maximum Gasteiger partial charge on any atom is 0.251 e. The topological polar surface area (TPSA) is 136 Å². The summed E-state index contributed by atoms with van der Waals surface area (Å²) < 4.78 is 61.4. The number of alkyl halides is 1. The number of amides is 1. The zero-order valence-electron chi connectivity index (χ0n) is 18.2. The molecular formula is C21H21F2N5O5S. The average molecular weight is 493 g/mol. The minimum atomic E-state index is -3.67. The molecule has 0 unspecified atom stereocenters. The van der Waals surface area contributed by atoms with E-state index >= 15 is 0 Å². The molecule has 13 heteroatoms. The third kappa shape index (κ3) is 5.11. The SMILES string of the molecule is CC1(NC(=O)CF)COC(c2nc(-c3ccc(F)cc3)c(-c3ccnc(S(C)(=O)=O)n3)[nH]2)OC1. The van der Waals surface area contributed by atoms with Gasteiger partial charge in [0.2, 0.25) is 21.3 Å². The van der Waals surface area contributed by atoms with Crippen LogP contribution in [0.2, 0.25) is 0 Å². The summed E-state index contributed by atoms with van der Waals surface area (Å²) in [5, 5.41) is 2.14. The summed E-state index contributed by atoms with van der Waals surface area (Å²) in [5.41, 5.74) is 0.560. The molecule has 0 bridgehead atoms. The standard InChI is InChI=1S/C21H21F2N5O5S/c1-21(28-15(29)9-22)10-32-19(33-11-21)18-26-16(12-3-5-13(23)6-4-12)17(27-18)14-7-8-24-20(25-14)34(2,30)31/h3-8,19H,9-11H2,1-2H3,(H,26,27)(H,28,29). The molecule has 2 aromatic heterocycles. The smallest absolute Gasteiger partial charge is 0.251 e. The van der Waals surface area contributed by atoms with Crippen molar-refractivity contribution in [3.05, 3.63) is 48.2 Å². The van der Waals surface area contributed by atoms with Gasteiger partial charge in [-0.15, -0.1) is 0 Å². The van der Waals surface area contributed by atoms with Crippen molar-refractivity contribution >= 4 is 15.7 Å². The van der Waals surface area contributed by atoms with Gasteiger partial charge in [0.1, 0.15) is 5.82 Å². The second-order valence-electron chi connectivity index (χ2n) is 8.05. The van der Waals surface area contributed by atoms with E-state index in [1.807, 2.05) is 0 Å². The van der Waals surface area contributed by atoms with E-state index in [1.165, 1.54) is 36.5 Å². The quantitative estimate of drug-likeness (QED) is 0.498. The van der Waals surface area contributed by atoms with Crippen LogP contribution < -0.4 is 5.32 Å². The number of sulfone groups is 1. The van der Waals surface area contributed by atoms with Crippen LogP contribution in [0.15, 0.2) is 41.7 Å². The Morgan fingerprint density at radius 1 is 1.21 bits per heavy atom. The zero-order chi connectivity index (χ0) is 24.5. The Balaban J connectivity index is 1.70. The molecule has 180 valence electrons. The van der Waals surface area contributed by atoms with E-state index < -0.39 is 40.1 Å². The van der Waals surface area contributed by atoms with Crippen molar-refractivity contribution in [1.82, 2.24) is 25.3 Å². The number of nitrogens with zero attached hydrogens (tertiary/aromatic N) is 3. The maximum atomic E-state index is 13.5. The lowest BCUT2D eigenvalue weighted by atomic mass is 10.0. The molecule has 0 atom stereocenters. The molecular weight excluding hydrogens is 472 g/mol. The van der Waals surface area contributed by atoms with Crippen molar-refractivity contribution in [2.24, 2.45) is 0 Å². The fourth-order valence-electron chi connectivity index (χ4n) is 3.37. The van der Waals surface area contributed by atoms with Crippen LogP contribution in [0.25, 0.3) is 22.6 Å². The molecule has 4 rings (SSSR count). The second-order valence-corrected chi connectivity index (χ2v) is 9.96. The van der Waals surface area contributed by atoms with E-state index in [0.29, 0.717) is 17.0 Å². The predicted molar refractivity (Wildman–Crippen MR) is 115 cm³/mol. The van der Waals surface area contributed by atoms with Gasteiger partial charge in [0.05, 0.1) is 35.8 Å². The van der Waals surface area contributed by atoms with Gasteiger partial charge in [-0.1, -0.05) is 0 Å². The molecule has 3 heterocycles. The van der Waals surface area contributed by atoms with Gasteiger partial charge in [-0.05, 0) is 37.3 Å². The normalized spacial score (nSPS) is 20.8. The van der Waals surface area contributed by atoms with E-state index in [2.05, 4.69) is 25.3 Å². The fourth-order valence-corrected chi connectivity index (χ4v) is 3.89. The Hall–Kier alpha value is -3.29. The first-order valence-corrected chi connectivity index (χ1v) is 12.0. The van der Waals surface area contributed by atoms with E-state index in [1.54, 1.807) is 6.92 Å². The maximum absolute atomic E-state index is 13.5. The minimum absolute atomic E-state index is 0.0249. The molecule has 0 radical (unpaired) electrons. The summed E-state index contributed by atoms with van der Waals surface area (Å²) in [4.78, 5) is 26.9. The molecule has 1 aliphatic heterocycles. The number of carbonyl (C=O) groups is 1. The van der Waals surface area contributed by atoms with Crippen molar-refractivity contribution in [3.63, 3.8) is 0 Å². The molecule has 1 aliphatic rings. The predicted octanol–water partition coefficient (Wildman–Crippen LogP) is 1.97. The Bertz CT molecular complexity index is 1310. The highest BCUT2D eigenvalue weighted by atomic mass is 32.2. The molecule has 1 amide bonds. The number of H-pyrrole nitrogens is 1. The highest BCUT2D eigenvalue weighted by molar-refractivity contribution is 7.90. The van der Waals surface area contributed by atoms with Crippen molar-refractivity contribution in [1.29, 1.82) is 0 Å². The molecule has 10 nitrogen and oxygen atoms in total. The number of rotatable bonds is 6. The molecule has 2 N–H and O–H groups in total. The van der Waals surface area contributed by atoms with Gasteiger partial charge in [-0.2, -0.15) is 0 Å². The summed E-state index contributed by atoms with van der Waals surface area (Å²) in [6.45, 7) is 0.548. The van der Waals surface area contributed by atoms with Crippen LogP contribution in [0.5, 0.6) is 0 Å². The Labute approximate surface area is 193 Å². The monoisotopic (exact) mass is 493 g/mol. The fraction of sp³-hybridized carbons (Fsp3) is 0.333. The number of benzene rings is 1. The highest BCUT2D eigenvalue weighted by Gasteiger charge is 2.36. The Morgan fingerprint density at radius 3 is 2.50 bits per heavy atom. The van der Waals surface area contributed by atoms with Crippen LogP contribution in [-0.4, -0.2) is 65.9 Å². The van der Waals surface area contributed by atoms with E-state index in [-0.39, 0.29) is 29.9 Å². The number of aromatic amines is 1. The van der Waals surface area contributed by atoms with Gasteiger partial charge in [-0.3, -0.25) is 4.79 Å². The number of halogens is 2. The number of aromatic nitrogens is 4. The first-order valence-electron chi connectivity index (χ1n) is 10.1. The average Bonchev–Trinajstić information content (AvgIpc) is 3.25. The minimum Gasteiger partial charge on any atom is -0.344 e. The third-order valence-corrected chi connectivity index (χ3v) is 5.81. The molecule has 3 aromatic rings. The second kappa shape index (κ2) is 9.16. The lowest BCUT2D eigenvalue weighted by Crippen LogP contribution is -2.56. The van der Waals surface area contributed by atoms with E-state index in [4.69, 9.17) is 9.47 Å². The molecule has 0 aliphatic carbocycles. The number of imidazole rings is 1.